The highest BCUT2D eigenvalue weighted by Crippen LogP contribution is 2.17. The Hall–Kier alpha value is -1.56. The van der Waals surface area contributed by atoms with Crippen LogP contribution >= 0.6 is 12.6 Å². The van der Waals surface area contributed by atoms with Crippen molar-refractivity contribution in [2.24, 2.45) is 0 Å². The maximum Gasteiger partial charge on any atom is 0.326 e. The largest absolute Gasteiger partial charge is 0.480 e. The highest BCUT2D eigenvalue weighted by atomic mass is 32.1. The molecule has 0 aliphatic carbocycles. The number of rotatable bonds is 6. The number of halogens is 1. The molecule has 0 fully saturated rings. The molecule has 1 unspecified atom stereocenters. The van der Waals surface area contributed by atoms with E-state index in [1.165, 1.54) is 12.1 Å². The van der Waals surface area contributed by atoms with Gasteiger partial charge in [-0.3, -0.25) is 4.79 Å². The second-order valence-corrected chi connectivity index (χ2v) is 4.13. The Morgan fingerprint density at radius 2 is 1.94 bits per heavy atom. The standard InChI is InChI=1S/C12H14FNO3S/c13-10(8-4-2-1-3-5-8)11(15)14-9(6-7-18)12(16)17/h1-5,9-10,18H,6-7H2,(H,14,15)(H,16,17)/t9-,10?/m0/s1. The van der Waals surface area contributed by atoms with E-state index in [-0.39, 0.29) is 12.0 Å². The third-order valence-corrected chi connectivity index (χ3v) is 2.61. The Balaban J connectivity index is 2.67. The van der Waals surface area contributed by atoms with Crippen LogP contribution in [0, 0.1) is 0 Å². The summed E-state index contributed by atoms with van der Waals surface area (Å²) in [5, 5.41) is 11.0. The lowest BCUT2D eigenvalue weighted by molar-refractivity contribution is -0.142. The predicted molar refractivity (Wildman–Crippen MR) is 68.3 cm³/mol. The number of carbonyl (C=O) groups is 2. The molecule has 1 rings (SSSR count). The van der Waals surface area contributed by atoms with E-state index in [0.29, 0.717) is 5.75 Å². The zero-order valence-corrected chi connectivity index (χ0v) is 10.4. The summed E-state index contributed by atoms with van der Waals surface area (Å²) in [6.07, 6.45) is -1.72. The molecule has 2 N–H and O–H groups in total. The number of hydrogen-bond acceptors (Lipinski definition) is 3. The van der Waals surface area contributed by atoms with Gasteiger partial charge in [-0.05, 0) is 17.7 Å². The van der Waals surface area contributed by atoms with Gasteiger partial charge in [0, 0.05) is 0 Å². The number of hydrogen-bond donors (Lipinski definition) is 3. The Kier molecular flexibility index (Phi) is 5.64. The summed E-state index contributed by atoms with van der Waals surface area (Å²) in [5.74, 6) is -1.85. The first kappa shape index (κ1) is 14.5. The Bertz CT molecular complexity index is 413. The molecule has 0 bridgehead atoms. The fourth-order valence-electron chi connectivity index (χ4n) is 1.40. The minimum absolute atomic E-state index is 0.145. The molecule has 0 aliphatic heterocycles. The van der Waals surface area contributed by atoms with Gasteiger partial charge in [-0.1, -0.05) is 30.3 Å². The zero-order chi connectivity index (χ0) is 13.5. The third-order valence-electron chi connectivity index (χ3n) is 2.35. The molecule has 18 heavy (non-hydrogen) atoms. The minimum Gasteiger partial charge on any atom is -0.480 e. The van der Waals surface area contributed by atoms with Crippen LogP contribution in [0.25, 0.3) is 0 Å². The normalized spacial score (nSPS) is 13.7. The average Bonchev–Trinajstić information content (AvgIpc) is 2.38. The number of carboxylic acid groups (broad SMARTS) is 1. The number of amides is 1. The van der Waals surface area contributed by atoms with E-state index in [9.17, 15) is 14.0 Å². The monoisotopic (exact) mass is 271 g/mol. The van der Waals surface area contributed by atoms with Crippen molar-refractivity contribution in [2.75, 3.05) is 5.75 Å². The van der Waals surface area contributed by atoms with E-state index in [2.05, 4.69) is 17.9 Å². The van der Waals surface area contributed by atoms with E-state index in [0.717, 1.165) is 0 Å². The molecule has 0 saturated heterocycles. The summed E-state index contributed by atoms with van der Waals surface area (Å²) >= 11 is 3.89. The van der Waals surface area contributed by atoms with E-state index < -0.39 is 24.1 Å². The summed E-state index contributed by atoms with van der Waals surface area (Å²) in [7, 11) is 0. The van der Waals surface area contributed by atoms with Gasteiger partial charge in [-0.25, -0.2) is 9.18 Å². The van der Waals surface area contributed by atoms with Crippen LogP contribution in [0.3, 0.4) is 0 Å². The van der Waals surface area contributed by atoms with Crippen molar-refractivity contribution in [2.45, 2.75) is 18.6 Å². The first-order chi connectivity index (χ1) is 8.56. The number of alkyl halides is 1. The van der Waals surface area contributed by atoms with Crippen LogP contribution in [0.5, 0.6) is 0 Å². The number of carboxylic acids is 1. The molecule has 1 amide bonds. The number of thiol groups is 1. The molecule has 0 heterocycles. The lowest BCUT2D eigenvalue weighted by Gasteiger charge is -2.15. The van der Waals surface area contributed by atoms with Gasteiger partial charge in [0.15, 0.2) is 0 Å². The molecule has 0 radical (unpaired) electrons. The summed E-state index contributed by atoms with van der Waals surface area (Å²) in [5.41, 5.74) is 0.199. The molecular formula is C12H14FNO3S. The van der Waals surface area contributed by atoms with Crippen molar-refractivity contribution < 1.29 is 19.1 Å². The van der Waals surface area contributed by atoms with E-state index in [1.54, 1.807) is 18.2 Å². The number of benzene rings is 1. The summed E-state index contributed by atoms with van der Waals surface area (Å²) in [4.78, 5) is 22.4. The first-order valence-corrected chi connectivity index (χ1v) is 6.02. The second kappa shape index (κ2) is 7.00. The van der Waals surface area contributed by atoms with Crippen molar-refractivity contribution in [3.63, 3.8) is 0 Å². The average molecular weight is 271 g/mol. The molecular weight excluding hydrogens is 257 g/mol. The van der Waals surface area contributed by atoms with Gasteiger partial charge >= 0.3 is 5.97 Å². The van der Waals surface area contributed by atoms with Crippen molar-refractivity contribution in [3.8, 4) is 0 Å². The molecule has 6 heteroatoms. The highest BCUT2D eigenvalue weighted by molar-refractivity contribution is 7.80. The lowest BCUT2D eigenvalue weighted by atomic mass is 10.1. The summed E-state index contributed by atoms with van der Waals surface area (Å²) in [6, 6.07) is 6.75. The van der Waals surface area contributed by atoms with Crippen LogP contribution in [-0.4, -0.2) is 28.8 Å². The Labute approximate surface area is 110 Å². The van der Waals surface area contributed by atoms with Gasteiger partial charge in [0.1, 0.15) is 6.04 Å². The fraction of sp³-hybridized carbons (Fsp3) is 0.333. The van der Waals surface area contributed by atoms with Crippen LogP contribution in [0.1, 0.15) is 18.2 Å². The Morgan fingerprint density at radius 1 is 1.33 bits per heavy atom. The zero-order valence-electron chi connectivity index (χ0n) is 9.54. The highest BCUT2D eigenvalue weighted by Gasteiger charge is 2.25. The van der Waals surface area contributed by atoms with Crippen LogP contribution < -0.4 is 5.32 Å². The number of aliphatic carboxylic acids is 1. The molecule has 2 atom stereocenters. The summed E-state index contributed by atoms with van der Waals surface area (Å²) in [6.45, 7) is 0. The smallest absolute Gasteiger partial charge is 0.326 e. The molecule has 0 aliphatic rings. The molecule has 1 aromatic carbocycles. The topological polar surface area (TPSA) is 66.4 Å². The van der Waals surface area contributed by atoms with Crippen molar-refractivity contribution in [3.05, 3.63) is 35.9 Å². The van der Waals surface area contributed by atoms with Gasteiger partial charge in [-0.2, -0.15) is 12.6 Å². The van der Waals surface area contributed by atoms with Crippen molar-refractivity contribution >= 4 is 24.5 Å². The van der Waals surface area contributed by atoms with Crippen LogP contribution in [0.4, 0.5) is 4.39 Å². The predicted octanol–water partition coefficient (Wildman–Crippen LogP) is 1.59. The van der Waals surface area contributed by atoms with E-state index in [1.807, 2.05) is 0 Å². The molecule has 0 spiro atoms. The van der Waals surface area contributed by atoms with Gasteiger partial charge in [-0.15, -0.1) is 0 Å². The van der Waals surface area contributed by atoms with E-state index in [4.69, 9.17) is 5.11 Å². The van der Waals surface area contributed by atoms with Gasteiger partial charge in [0.2, 0.25) is 6.17 Å². The molecule has 98 valence electrons. The van der Waals surface area contributed by atoms with Gasteiger partial charge in [0.05, 0.1) is 0 Å². The second-order valence-electron chi connectivity index (χ2n) is 3.68. The fourth-order valence-corrected chi connectivity index (χ4v) is 1.66. The minimum atomic E-state index is -1.87. The molecule has 4 nitrogen and oxygen atoms in total. The van der Waals surface area contributed by atoms with Gasteiger partial charge in [0.25, 0.3) is 5.91 Å². The van der Waals surface area contributed by atoms with Crippen LogP contribution in [0.2, 0.25) is 0 Å². The maximum absolute atomic E-state index is 13.8. The SMILES string of the molecule is O=C(N[C@@H](CCS)C(=O)O)C(F)c1ccccc1. The van der Waals surface area contributed by atoms with Gasteiger partial charge < -0.3 is 10.4 Å². The number of nitrogens with one attached hydrogen (secondary N) is 1. The first-order valence-electron chi connectivity index (χ1n) is 5.39. The quantitative estimate of drug-likeness (QED) is 0.688. The van der Waals surface area contributed by atoms with Crippen LogP contribution in [-0.2, 0) is 9.59 Å². The maximum atomic E-state index is 13.8. The molecule has 0 aromatic heterocycles. The molecule has 1 aromatic rings. The van der Waals surface area contributed by atoms with Crippen molar-refractivity contribution in [1.82, 2.24) is 5.32 Å². The van der Waals surface area contributed by atoms with E-state index >= 15 is 0 Å². The number of carbonyl (C=O) groups excluding carboxylic acids is 1. The lowest BCUT2D eigenvalue weighted by Crippen LogP contribution is -2.42. The van der Waals surface area contributed by atoms with Crippen molar-refractivity contribution in [1.29, 1.82) is 0 Å². The third kappa shape index (κ3) is 4.03. The van der Waals surface area contributed by atoms with Crippen LogP contribution in [0.15, 0.2) is 30.3 Å². The Morgan fingerprint density at radius 3 is 2.44 bits per heavy atom. The molecule has 0 saturated carbocycles. The summed E-state index contributed by atoms with van der Waals surface area (Å²) < 4.78 is 13.8.